The molecule has 27 heavy (non-hydrogen) atoms. The van der Waals surface area contributed by atoms with Gasteiger partial charge in [0.15, 0.2) is 5.82 Å². The number of nitrogens with zero attached hydrogens (tertiary/aromatic N) is 6. The monoisotopic (exact) mass is 426 g/mol. The van der Waals surface area contributed by atoms with E-state index in [0.717, 1.165) is 23.1 Å². The van der Waals surface area contributed by atoms with Gasteiger partial charge in [0.1, 0.15) is 0 Å². The Balaban J connectivity index is 1.68. The van der Waals surface area contributed by atoms with E-state index in [-0.39, 0.29) is 17.5 Å². The molecule has 1 amide bonds. The van der Waals surface area contributed by atoms with Gasteiger partial charge in [-0.2, -0.15) is 5.10 Å². The Hall–Kier alpha value is -2.30. The van der Waals surface area contributed by atoms with Crippen molar-refractivity contribution in [1.82, 2.24) is 29.6 Å². The maximum absolute atomic E-state index is 12.2. The number of halogens is 2. The minimum atomic E-state index is -0.313. The standard InChI is InChI=1S/C15H16Cl2N8OS/c1-7-4-8(2)25(23-7)14-21-22-15(24(14)18)27-6-11(26)20-13-12(17)9(3)10(16)5-19-13/h4-5H,6,18H2,1-3H3,(H,19,20,26). The van der Waals surface area contributed by atoms with Gasteiger partial charge in [0.25, 0.3) is 5.95 Å². The number of hydrogen-bond donors (Lipinski definition) is 2. The molecular formula is C15H16Cl2N8OS. The second-order valence-electron chi connectivity index (χ2n) is 5.72. The van der Waals surface area contributed by atoms with Crippen molar-refractivity contribution in [2.24, 2.45) is 0 Å². The molecular weight excluding hydrogens is 411 g/mol. The van der Waals surface area contributed by atoms with Crippen LogP contribution in [0.1, 0.15) is 17.0 Å². The molecule has 0 spiro atoms. The first-order chi connectivity index (χ1) is 12.8. The fraction of sp³-hybridized carbons (Fsp3) is 0.267. The molecule has 0 aliphatic rings. The van der Waals surface area contributed by atoms with Crippen LogP contribution in [0.3, 0.4) is 0 Å². The molecule has 0 radical (unpaired) electrons. The number of anilines is 1. The molecule has 12 heteroatoms. The molecule has 0 atom stereocenters. The molecule has 0 aliphatic carbocycles. The van der Waals surface area contributed by atoms with Crippen molar-refractivity contribution < 1.29 is 4.79 Å². The maximum Gasteiger partial charge on any atom is 0.271 e. The van der Waals surface area contributed by atoms with Crippen LogP contribution in [0.25, 0.3) is 5.95 Å². The van der Waals surface area contributed by atoms with E-state index >= 15 is 0 Å². The smallest absolute Gasteiger partial charge is 0.271 e. The second-order valence-corrected chi connectivity index (χ2v) is 7.45. The molecule has 0 bridgehead atoms. The SMILES string of the molecule is Cc1cc(C)n(-c2nnc(SCC(=O)Nc3ncc(Cl)c(C)c3Cl)n2N)n1. The third kappa shape index (κ3) is 4.02. The van der Waals surface area contributed by atoms with Crippen LogP contribution >= 0.6 is 35.0 Å². The molecule has 0 unspecified atom stereocenters. The first-order valence-electron chi connectivity index (χ1n) is 7.75. The highest BCUT2D eigenvalue weighted by atomic mass is 35.5. The molecule has 3 heterocycles. The largest absolute Gasteiger partial charge is 0.334 e. The molecule has 142 valence electrons. The number of amides is 1. The molecule has 0 fully saturated rings. The lowest BCUT2D eigenvalue weighted by atomic mass is 10.3. The Morgan fingerprint density at radius 3 is 2.70 bits per heavy atom. The summed E-state index contributed by atoms with van der Waals surface area (Å²) in [5.41, 5.74) is 2.36. The molecule has 3 rings (SSSR count). The van der Waals surface area contributed by atoms with Crippen LogP contribution in [0.15, 0.2) is 17.4 Å². The zero-order valence-electron chi connectivity index (χ0n) is 14.7. The number of aryl methyl sites for hydroxylation is 2. The highest BCUT2D eigenvalue weighted by Crippen LogP contribution is 2.28. The summed E-state index contributed by atoms with van der Waals surface area (Å²) in [6, 6.07) is 1.90. The normalized spacial score (nSPS) is 11.0. The number of pyridine rings is 1. The van der Waals surface area contributed by atoms with Crippen molar-refractivity contribution in [3.63, 3.8) is 0 Å². The van der Waals surface area contributed by atoms with Crippen LogP contribution in [0.2, 0.25) is 10.0 Å². The van der Waals surface area contributed by atoms with Crippen LogP contribution in [0.5, 0.6) is 0 Å². The minimum Gasteiger partial charge on any atom is -0.334 e. The Morgan fingerprint density at radius 1 is 1.30 bits per heavy atom. The van der Waals surface area contributed by atoms with Gasteiger partial charge in [0.2, 0.25) is 11.1 Å². The molecule has 3 aromatic rings. The van der Waals surface area contributed by atoms with Gasteiger partial charge in [-0.3, -0.25) is 4.79 Å². The number of rotatable bonds is 5. The number of nitrogen functional groups attached to an aromatic ring is 1. The summed E-state index contributed by atoms with van der Waals surface area (Å²) < 4.78 is 2.88. The fourth-order valence-electron chi connectivity index (χ4n) is 2.29. The van der Waals surface area contributed by atoms with E-state index in [2.05, 4.69) is 25.6 Å². The minimum absolute atomic E-state index is 0.0478. The van der Waals surface area contributed by atoms with Crippen LogP contribution in [-0.2, 0) is 4.79 Å². The number of nitrogens with two attached hydrogens (primary N) is 1. The lowest BCUT2D eigenvalue weighted by molar-refractivity contribution is -0.113. The number of carbonyl (C=O) groups is 1. The lowest BCUT2D eigenvalue weighted by Crippen LogP contribution is -2.19. The first-order valence-corrected chi connectivity index (χ1v) is 9.49. The van der Waals surface area contributed by atoms with Gasteiger partial charge in [0.05, 0.1) is 21.5 Å². The number of carbonyl (C=O) groups excluding carboxylic acids is 1. The predicted molar refractivity (Wildman–Crippen MR) is 105 cm³/mol. The van der Waals surface area contributed by atoms with Crippen molar-refractivity contribution in [2.45, 2.75) is 25.9 Å². The van der Waals surface area contributed by atoms with Crippen molar-refractivity contribution in [2.75, 3.05) is 16.9 Å². The average Bonchev–Trinajstić information content (AvgIpc) is 3.15. The molecule has 0 aromatic carbocycles. The van der Waals surface area contributed by atoms with Crippen molar-refractivity contribution in [3.8, 4) is 5.95 Å². The number of thioether (sulfide) groups is 1. The summed E-state index contributed by atoms with van der Waals surface area (Å²) >= 11 is 13.2. The van der Waals surface area contributed by atoms with Crippen molar-refractivity contribution in [1.29, 1.82) is 0 Å². The number of hydrogen-bond acceptors (Lipinski definition) is 7. The average molecular weight is 427 g/mol. The number of aromatic nitrogens is 6. The Morgan fingerprint density at radius 2 is 2.04 bits per heavy atom. The summed E-state index contributed by atoms with van der Waals surface area (Å²) in [6.45, 7) is 5.51. The van der Waals surface area contributed by atoms with Crippen LogP contribution in [0.4, 0.5) is 5.82 Å². The van der Waals surface area contributed by atoms with Gasteiger partial charge in [0, 0.05) is 11.9 Å². The van der Waals surface area contributed by atoms with E-state index in [9.17, 15) is 4.79 Å². The summed E-state index contributed by atoms with van der Waals surface area (Å²) in [7, 11) is 0. The van der Waals surface area contributed by atoms with Gasteiger partial charge in [-0.15, -0.1) is 10.2 Å². The molecule has 0 aliphatic heterocycles. The molecule has 9 nitrogen and oxygen atoms in total. The van der Waals surface area contributed by atoms with E-state index in [4.69, 9.17) is 29.0 Å². The van der Waals surface area contributed by atoms with E-state index in [1.165, 1.54) is 10.9 Å². The van der Waals surface area contributed by atoms with Crippen LogP contribution in [0, 0.1) is 20.8 Å². The van der Waals surface area contributed by atoms with E-state index in [1.807, 2.05) is 19.9 Å². The zero-order chi connectivity index (χ0) is 19.7. The maximum atomic E-state index is 12.2. The Bertz CT molecular complexity index is 1020. The van der Waals surface area contributed by atoms with Crippen molar-refractivity contribution >= 4 is 46.7 Å². The van der Waals surface area contributed by atoms with E-state index in [1.54, 1.807) is 11.6 Å². The van der Waals surface area contributed by atoms with Gasteiger partial charge in [-0.05, 0) is 32.4 Å². The van der Waals surface area contributed by atoms with Gasteiger partial charge >= 0.3 is 0 Å². The zero-order valence-corrected chi connectivity index (χ0v) is 17.0. The fourth-order valence-corrected chi connectivity index (χ4v) is 3.33. The first kappa shape index (κ1) is 19.5. The predicted octanol–water partition coefficient (Wildman–Crippen LogP) is 2.54. The van der Waals surface area contributed by atoms with Gasteiger partial charge in [-0.25, -0.2) is 14.3 Å². The third-order valence-electron chi connectivity index (χ3n) is 3.64. The Labute approximate surface area is 169 Å². The van der Waals surface area contributed by atoms with Crippen LogP contribution in [-0.4, -0.2) is 41.3 Å². The van der Waals surface area contributed by atoms with Crippen LogP contribution < -0.4 is 11.2 Å². The number of nitrogens with one attached hydrogen (secondary N) is 1. The highest BCUT2D eigenvalue weighted by molar-refractivity contribution is 7.99. The van der Waals surface area contributed by atoms with Gasteiger partial charge < -0.3 is 11.2 Å². The summed E-state index contributed by atoms with van der Waals surface area (Å²) in [5, 5.41) is 16.1. The third-order valence-corrected chi connectivity index (χ3v) is 5.42. The van der Waals surface area contributed by atoms with E-state index in [0.29, 0.717) is 26.7 Å². The molecule has 0 saturated heterocycles. The topological polar surface area (TPSA) is 117 Å². The lowest BCUT2D eigenvalue weighted by Gasteiger charge is -2.09. The molecule has 3 aromatic heterocycles. The quantitative estimate of drug-likeness (QED) is 0.475. The summed E-state index contributed by atoms with van der Waals surface area (Å²) in [4.78, 5) is 16.2. The van der Waals surface area contributed by atoms with E-state index < -0.39 is 0 Å². The molecule has 0 saturated carbocycles. The van der Waals surface area contributed by atoms with Crippen molar-refractivity contribution in [3.05, 3.63) is 39.3 Å². The summed E-state index contributed by atoms with van der Waals surface area (Å²) in [6.07, 6.45) is 1.43. The van der Waals surface area contributed by atoms with Gasteiger partial charge in [-0.1, -0.05) is 35.0 Å². The second kappa shape index (κ2) is 7.75. The highest BCUT2D eigenvalue weighted by Gasteiger charge is 2.17. The molecule has 3 N–H and O–H groups in total. The Kier molecular flexibility index (Phi) is 5.59. The summed E-state index contributed by atoms with van der Waals surface area (Å²) in [5.74, 6) is 6.39.